The molecule has 6 nitrogen and oxygen atoms in total. The minimum atomic E-state index is -0.135. The van der Waals surface area contributed by atoms with Crippen LogP contribution in [0.3, 0.4) is 0 Å². The molecule has 1 aromatic carbocycles. The number of nitrogens with zero attached hydrogens (tertiary/aromatic N) is 2. The van der Waals surface area contributed by atoms with E-state index in [4.69, 9.17) is 0 Å². The zero-order valence-electron chi connectivity index (χ0n) is 14.0. The van der Waals surface area contributed by atoms with Crippen LogP contribution in [0.4, 0.5) is 5.69 Å². The highest BCUT2D eigenvalue weighted by Gasteiger charge is 2.06. The molecular weight excluding hydrogens is 316 g/mol. The highest BCUT2D eigenvalue weighted by Crippen LogP contribution is 2.12. The Morgan fingerprint density at radius 1 is 1.12 bits per heavy atom. The van der Waals surface area contributed by atoms with Crippen molar-refractivity contribution in [3.05, 3.63) is 60.4 Å². The molecule has 2 aromatic heterocycles. The fourth-order valence-corrected chi connectivity index (χ4v) is 2.66. The fourth-order valence-electron chi connectivity index (χ4n) is 2.66. The molecule has 0 saturated carbocycles. The Balaban J connectivity index is 1.48. The molecule has 6 heteroatoms. The monoisotopic (exact) mass is 336 g/mol. The molecule has 3 aromatic rings. The van der Waals surface area contributed by atoms with Gasteiger partial charge < -0.3 is 15.2 Å². The third kappa shape index (κ3) is 4.23. The van der Waals surface area contributed by atoms with E-state index in [0.717, 1.165) is 24.0 Å². The Kier molecular flexibility index (Phi) is 5.09. The lowest BCUT2D eigenvalue weighted by Gasteiger charge is -2.08. The van der Waals surface area contributed by atoms with Crippen LogP contribution < -0.4 is 10.6 Å². The van der Waals surface area contributed by atoms with Gasteiger partial charge in [0.25, 0.3) is 5.91 Å². The van der Waals surface area contributed by atoms with E-state index in [1.54, 1.807) is 30.5 Å². The van der Waals surface area contributed by atoms with Crippen molar-refractivity contribution in [3.8, 4) is 0 Å². The highest BCUT2D eigenvalue weighted by atomic mass is 16.2. The van der Waals surface area contributed by atoms with Gasteiger partial charge in [0.1, 0.15) is 5.65 Å². The number of hydrogen-bond acceptors (Lipinski definition) is 3. The summed E-state index contributed by atoms with van der Waals surface area (Å²) >= 11 is 0. The van der Waals surface area contributed by atoms with E-state index in [2.05, 4.69) is 20.2 Å². The van der Waals surface area contributed by atoms with Gasteiger partial charge in [0.2, 0.25) is 5.91 Å². The minimum Gasteiger partial charge on any atom is -0.352 e. The summed E-state index contributed by atoms with van der Waals surface area (Å²) in [6.07, 6.45) is 4.61. The summed E-state index contributed by atoms with van der Waals surface area (Å²) in [5.41, 5.74) is 2.21. The van der Waals surface area contributed by atoms with Crippen molar-refractivity contribution in [1.29, 1.82) is 0 Å². The molecule has 0 unspecified atom stereocenters. The number of hydrogen-bond donors (Lipinski definition) is 2. The number of fused-ring (bicyclic) bond motifs is 1. The zero-order valence-corrected chi connectivity index (χ0v) is 14.0. The van der Waals surface area contributed by atoms with Crippen LogP contribution >= 0.6 is 0 Å². The first-order valence-electron chi connectivity index (χ1n) is 8.19. The summed E-state index contributed by atoms with van der Waals surface area (Å²) in [5, 5.41) is 6.70. The van der Waals surface area contributed by atoms with Gasteiger partial charge in [0.05, 0.1) is 0 Å². The highest BCUT2D eigenvalue weighted by molar-refractivity contribution is 5.95. The van der Waals surface area contributed by atoms with E-state index in [9.17, 15) is 9.59 Å². The molecule has 0 bridgehead atoms. The molecule has 2 heterocycles. The van der Waals surface area contributed by atoms with Gasteiger partial charge in [0, 0.05) is 49.0 Å². The van der Waals surface area contributed by atoms with Gasteiger partial charge in [-0.3, -0.25) is 9.59 Å². The first-order valence-corrected chi connectivity index (χ1v) is 8.19. The number of carbonyl (C=O) groups is 2. The average molecular weight is 336 g/mol. The van der Waals surface area contributed by atoms with Crippen molar-refractivity contribution in [2.45, 2.75) is 19.9 Å². The maximum absolute atomic E-state index is 12.1. The number of nitrogens with one attached hydrogen (secondary N) is 2. The van der Waals surface area contributed by atoms with E-state index >= 15 is 0 Å². The van der Waals surface area contributed by atoms with Gasteiger partial charge in [-0.1, -0.05) is 0 Å². The molecule has 0 aliphatic heterocycles. The van der Waals surface area contributed by atoms with Crippen molar-refractivity contribution < 1.29 is 9.59 Å². The van der Waals surface area contributed by atoms with Crippen molar-refractivity contribution in [2.75, 3.05) is 11.9 Å². The van der Waals surface area contributed by atoms with Crippen LogP contribution in [-0.2, 0) is 11.3 Å². The van der Waals surface area contributed by atoms with E-state index in [0.29, 0.717) is 17.8 Å². The Bertz CT molecular complexity index is 884. The number of anilines is 1. The maximum Gasteiger partial charge on any atom is 0.251 e. The smallest absolute Gasteiger partial charge is 0.251 e. The van der Waals surface area contributed by atoms with E-state index in [1.807, 2.05) is 24.4 Å². The Hall–Kier alpha value is -3.15. The largest absolute Gasteiger partial charge is 0.352 e. The topological polar surface area (TPSA) is 76.0 Å². The summed E-state index contributed by atoms with van der Waals surface area (Å²) < 4.78 is 2.09. The third-order valence-corrected chi connectivity index (χ3v) is 3.85. The quantitative estimate of drug-likeness (QED) is 0.680. The van der Waals surface area contributed by atoms with Crippen LogP contribution in [-0.4, -0.2) is 27.9 Å². The molecule has 128 valence electrons. The van der Waals surface area contributed by atoms with Gasteiger partial charge in [-0.25, -0.2) is 4.98 Å². The van der Waals surface area contributed by atoms with Crippen LogP contribution in [0.15, 0.2) is 54.9 Å². The zero-order chi connectivity index (χ0) is 17.6. The van der Waals surface area contributed by atoms with Gasteiger partial charge in [0.15, 0.2) is 0 Å². The van der Waals surface area contributed by atoms with Crippen LogP contribution in [0.2, 0.25) is 0 Å². The van der Waals surface area contributed by atoms with Gasteiger partial charge in [-0.05, 0) is 48.9 Å². The Morgan fingerprint density at radius 2 is 1.92 bits per heavy atom. The molecule has 0 aliphatic rings. The number of benzene rings is 1. The molecule has 0 radical (unpaired) electrons. The van der Waals surface area contributed by atoms with Crippen LogP contribution in [0.1, 0.15) is 23.7 Å². The Labute approximate surface area is 145 Å². The minimum absolute atomic E-state index is 0.120. The summed E-state index contributed by atoms with van der Waals surface area (Å²) in [6, 6.07) is 12.8. The maximum atomic E-state index is 12.1. The summed E-state index contributed by atoms with van der Waals surface area (Å²) in [4.78, 5) is 27.5. The second-order valence-corrected chi connectivity index (χ2v) is 5.79. The second-order valence-electron chi connectivity index (χ2n) is 5.79. The number of rotatable bonds is 6. The molecule has 0 atom stereocenters. The number of pyridine rings is 1. The number of carbonyl (C=O) groups excluding carboxylic acids is 2. The van der Waals surface area contributed by atoms with E-state index < -0.39 is 0 Å². The summed E-state index contributed by atoms with van der Waals surface area (Å²) in [5.74, 6) is -0.255. The van der Waals surface area contributed by atoms with Gasteiger partial charge >= 0.3 is 0 Å². The normalized spacial score (nSPS) is 10.6. The third-order valence-electron chi connectivity index (χ3n) is 3.85. The van der Waals surface area contributed by atoms with Crippen molar-refractivity contribution >= 4 is 28.5 Å². The summed E-state index contributed by atoms with van der Waals surface area (Å²) in [6.45, 7) is 2.82. The van der Waals surface area contributed by atoms with Crippen LogP contribution in [0.25, 0.3) is 11.0 Å². The molecule has 3 rings (SSSR count). The molecule has 0 saturated heterocycles. The molecule has 2 amide bonds. The fraction of sp³-hybridized carbons (Fsp3) is 0.211. The molecular formula is C19H20N4O2. The lowest BCUT2D eigenvalue weighted by atomic mass is 10.2. The standard InChI is InChI=1S/C19H20N4O2/c1-14(24)22-17-7-5-16(6-8-17)19(25)21-11-3-12-23-13-9-15-4-2-10-20-18(15)23/h2,4-10,13H,3,11-12H2,1H3,(H,21,25)(H,22,24). The second kappa shape index (κ2) is 7.61. The first-order chi connectivity index (χ1) is 12.1. The molecule has 0 fully saturated rings. The first kappa shape index (κ1) is 16.7. The molecule has 25 heavy (non-hydrogen) atoms. The van der Waals surface area contributed by atoms with Crippen molar-refractivity contribution in [2.24, 2.45) is 0 Å². The Morgan fingerprint density at radius 3 is 2.68 bits per heavy atom. The van der Waals surface area contributed by atoms with Gasteiger partial charge in [-0.2, -0.15) is 0 Å². The molecule has 2 N–H and O–H groups in total. The number of aromatic nitrogens is 2. The van der Waals surface area contributed by atoms with E-state index in [-0.39, 0.29) is 11.8 Å². The van der Waals surface area contributed by atoms with E-state index in [1.165, 1.54) is 6.92 Å². The average Bonchev–Trinajstić information content (AvgIpc) is 3.02. The predicted molar refractivity (Wildman–Crippen MR) is 97.4 cm³/mol. The molecule has 0 aliphatic carbocycles. The summed E-state index contributed by atoms with van der Waals surface area (Å²) in [7, 11) is 0. The van der Waals surface area contributed by atoms with Crippen LogP contribution in [0.5, 0.6) is 0 Å². The van der Waals surface area contributed by atoms with Crippen molar-refractivity contribution in [1.82, 2.24) is 14.9 Å². The van der Waals surface area contributed by atoms with Crippen molar-refractivity contribution in [3.63, 3.8) is 0 Å². The number of aryl methyl sites for hydroxylation is 1. The predicted octanol–water partition coefficient (Wildman–Crippen LogP) is 2.81. The van der Waals surface area contributed by atoms with Gasteiger partial charge in [-0.15, -0.1) is 0 Å². The molecule has 0 spiro atoms. The number of amides is 2. The van der Waals surface area contributed by atoms with Crippen LogP contribution in [0, 0.1) is 0 Å². The SMILES string of the molecule is CC(=O)Nc1ccc(C(=O)NCCCn2ccc3cccnc32)cc1. The lowest BCUT2D eigenvalue weighted by Crippen LogP contribution is -2.25. The lowest BCUT2D eigenvalue weighted by molar-refractivity contribution is -0.114.